The van der Waals surface area contributed by atoms with Crippen LogP contribution in [-0.2, 0) is 0 Å². The quantitative estimate of drug-likeness (QED) is 0.447. The molecular formula is C20H14N2O3. The van der Waals surface area contributed by atoms with Gasteiger partial charge in [-0.15, -0.1) is 0 Å². The molecular weight excluding hydrogens is 316 g/mol. The first-order chi connectivity index (χ1) is 12.2. The van der Waals surface area contributed by atoms with Crippen molar-refractivity contribution in [2.45, 2.75) is 6.92 Å². The Labute approximate surface area is 144 Å². The van der Waals surface area contributed by atoms with Crippen LogP contribution in [0.15, 0.2) is 48.0 Å². The molecule has 0 saturated heterocycles. The third-order valence-electron chi connectivity index (χ3n) is 4.21. The van der Waals surface area contributed by atoms with Crippen molar-refractivity contribution >= 4 is 22.8 Å². The topological polar surface area (TPSA) is 75.1 Å². The molecule has 122 valence electrons. The minimum atomic E-state index is -0.311. The van der Waals surface area contributed by atoms with Crippen molar-refractivity contribution in [1.82, 2.24) is 4.98 Å². The summed E-state index contributed by atoms with van der Waals surface area (Å²) in [4.78, 5) is 16.2. The number of Topliss-reactive ketones (excluding diaryl/α,β-unsaturated/α-hetero) is 1. The summed E-state index contributed by atoms with van der Waals surface area (Å²) in [7, 11) is 0. The molecule has 0 saturated carbocycles. The van der Waals surface area contributed by atoms with E-state index in [4.69, 9.17) is 9.47 Å². The normalized spacial score (nSPS) is 13.0. The van der Waals surface area contributed by atoms with E-state index in [1.165, 1.54) is 0 Å². The first-order valence-electron chi connectivity index (χ1n) is 7.81. The van der Waals surface area contributed by atoms with Gasteiger partial charge in [0.05, 0.1) is 5.56 Å². The number of ether oxygens (including phenoxy) is 2. The molecule has 25 heavy (non-hydrogen) atoms. The number of fused-ring (bicyclic) bond motifs is 2. The summed E-state index contributed by atoms with van der Waals surface area (Å²) >= 11 is 0. The molecule has 1 N–H and O–H groups in total. The van der Waals surface area contributed by atoms with Gasteiger partial charge >= 0.3 is 0 Å². The number of hydrogen-bond donors (Lipinski definition) is 1. The molecule has 4 rings (SSSR count). The van der Waals surface area contributed by atoms with E-state index < -0.39 is 0 Å². The molecule has 3 aromatic rings. The van der Waals surface area contributed by atoms with Gasteiger partial charge in [-0.25, -0.2) is 0 Å². The lowest BCUT2D eigenvalue weighted by Crippen LogP contribution is -2.03. The highest BCUT2D eigenvalue weighted by molar-refractivity contribution is 6.20. The monoisotopic (exact) mass is 330 g/mol. The second-order valence-electron chi connectivity index (χ2n) is 5.75. The van der Waals surface area contributed by atoms with Crippen molar-refractivity contribution in [3.8, 4) is 17.6 Å². The van der Waals surface area contributed by atoms with Crippen LogP contribution >= 0.6 is 0 Å². The number of nitrogens with one attached hydrogen (secondary N) is 1. The van der Waals surface area contributed by atoms with Crippen LogP contribution in [0.25, 0.3) is 17.0 Å². The number of nitrogens with zero attached hydrogens (tertiary/aromatic N) is 1. The van der Waals surface area contributed by atoms with Crippen LogP contribution in [0.2, 0.25) is 0 Å². The van der Waals surface area contributed by atoms with Gasteiger partial charge in [0, 0.05) is 22.2 Å². The maximum Gasteiger partial charge on any atom is 0.231 e. The number of hydrogen-bond acceptors (Lipinski definition) is 4. The predicted molar refractivity (Wildman–Crippen MR) is 93.5 cm³/mol. The zero-order valence-electron chi connectivity index (χ0n) is 13.5. The van der Waals surface area contributed by atoms with Crippen LogP contribution in [0.5, 0.6) is 11.5 Å². The van der Waals surface area contributed by atoms with Crippen molar-refractivity contribution in [2.24, 2.45) is 0 Å². The molecule has 0 fully saturated rings. The van der Waals surface area contributed by atoms with E-state index in [0.29, 0.717) is 22.6 Å². The van der Waals surface area contributed by atoms with Crippen LogP contribution in [0, 0.1) is 18.3 Å². The van der Waals surface area contributed by atoms with Gasteiger partial charge in [0.15, 0.2) is 11.5 Å². The summed E-state index contributed by atoms with van der Waals surface area (Å²) < 4.78 is 10.8. The summed E-state index contributed by atoms with van der Waals surface area (Å²) in [5, 5.41) is 10.4. The number of H-pyrrole nitrogens is 1. The van der Waals surface area contributed by atoms with E-state index >= 15 is 0 Å². The number of carbonyl (C=O) groups is 1. The standard InChI is InChI=1S/C20H14N2O3/c1-12-18(15-6-2-3-7-16(15)22-12)19(23)14(10-21)9-13-5-4-8-17-20(13)25-11-24-17/h2-9,22H,11H2,1H3/b14-9+. The van der Waals surface area contributed by atoms with Crippen molar-refractivity contribution in [3.05, 3.63) is 64.9 Å². The molecule has 1 aromatic heterocycles. The Bertz CT molecular complexity index is 1070. The highest BCUT2D eigenvalue weighted by Crippen LogP contribution is 2.36. The molecule has 0 radical (unpaired) electrons. The zero-order chi connectivity index (χ0) is 17.4. The van der Waals surface area contributed by atoms with Crippen LogP contribution in [0.1, 0.15) is 21.6 Å². The maximum atomic E-state index is 13.0. The SMILES string of the molecule is Cc1[nH]c2ccccc2c1C(=O)/C(C#N)=C/c1cccc2c1OCO2. The van der Waals surface area contributed by atoms with E-state index in [9.17, 15) is 10.1 Å². The van der Waals surface area contributed by atoms with Crippen molar-refractivity contribution in [3.63, 3.8) is 0 Å². The minimum absolute atomic E-state index is 0.0525. The van der Waals surface area contributed by atoms with Gasteiger partial charge < -0.3 is 14.5 Å². The molecule has 1 aliphatic rings. The largest absolute Gasteiger partial charge is 0.454 e. The van der Waals surface area contributed by atoms with Gasteiger partial charge in [-0.3, -0.25) is 4.79 Å². The fraction of sp³-hybridized carbons (Fsp3) is 0.100. The summed E-state index contributed by atoms with van der Waals surface area (Å²) in [5.41, 5.74) is 2.84. The van der Waals surface area contributed by atoms with E-state index in [2.05, 4.69) is 4.98 Å². The van der Waals surface area contributed by atoms with E-state index in [-0.39, 0.29) is 18.1 Å². The van der Waals surface area contributed by atoms with Gasteiger partial charge in [-0.2, -0.15) is 5.26 Å². The Kier molecular flexibility index (Phi) is 3.51. The number of benzene rings is 2. The Balaban J connectivity index is 1.82. The molecule has 0 atom stereocenters. The summed E-state index contributed by atoms with van der Waals surface area (Å²) in [5.74, 6) is 0.856. The Hall–Kier alpha value is -3.52. The van der Waals surface area contributed by atoms with Crippen LogP contribution in [0.3, 0.4) is 0 Å². The van der Waals surface area contributed by atoms with Crippen LogP contribution < -0.4 is 9.47 Å². The fourth-order valence-electron chi connectivity index (χ4n) is 3.07. The lowest BCUT2D eigenvalue weighted by molar-refractivity contribution is 0.104. The van der Waals surface area contributed by atoms with Gasteiger partial charge in [-0.05, 0) is 25.1 Å². The molecule has 2 heterocycles. The molecule has 5 heteroatoms. The summed E-state index contributed by atoms with van der Waals surface area (Å²) in [6.45, 7) is 1.97. The number of aryl methyl sites for hydroxylation is 1. The second-order valence-corrected chi connectivity index (χ2v) is 5.75. The average Bonchev–Trinajstić information content (AvgIpc) is 3.22. The molecule has 1 aliphatic heterocycles. The van der Waals surface area contributed by atoms with Gasteiger partial charge in [0.2, 0.25) is 12.6 Å². The summed E-state index contributed by atoms with van der Waals surface area (Å²) in [6.07, 6.45) is 1.55. The maximum absolute atomic E-state index is 13.0. The number of rotatable bonds is 3. The third kappa shape index (κ3) is 2.45. The zero-order valence-corrected chi connectivity index (χ0v) is 13.5. The van der Waals surface area contributed by atoms with Crippen LogP contribution in [-0.4, -0.2) is 17.6 Å². The van der Waals surface area contributed by atoms with Crippen molar-refractivity contribution in [2.75, 3.05) is 6.79 Å². The molecule has 5 nitrogen and oxygen atoms in total. The molecule has 0 spiro atoms. The number of ketones is 1. The Morgan fingerprint density at radius 1 is 1.20 bits per heavy atom. The van der Waals surface area contributed by atoms with Gasteiger partial charge in [0.1, 0.15) is 11.6 Å². The number of carbonyl (C=O) groups excluding carboxylic acids is 1. The number of allylic oxidation sites excluding steroid dienone is 1. The fourth-order valence-corrected chi connectivity index (χ4v) is 3.07. The molecule has 0 amide bonds. The average molecular weight is 330 g/mol. The van der Waals surface area contributed by atoms with Gasteiger partial charge in [-0.1, -0.05) is 30.3 Å². The smallest absolute Gasteiger partial charge is 0.231 e. The van der Waals surface area contributed by atoms with Crippen LogP contribution in [0.4, 0.5) is 0 Å². The molecule has 0 bridgehead atoms. The lowest BCUT2D eigenvalue weighted by atomic mass is 9.99. The van der Waals surface area contributed by atoms with E-state index in [1.807, 2.05) is 37.3 Å². The summed E-state index contributed by atoms with van der Waals surface area (Å²) in [6, 6.07) is 15.0. The minimum Gasteiger partial charge on any atom is -0.454 e. The Morgan fingerprint density at radius 2 is 2.04 bits per heavy atom. The molecule has 0 unspecified atom stereocenters. The third-order valence-corrected chi connectivity index (χ3v) is 4.21. The number of nitriles is 1. The molecule has 0 aliphatic carbocycles. The number of aromatic nitrogens is 1. The van der Waals surface area contributed by atoms with Crippen molar-refractivity contribution in [1.29, 1.82) is 5.26 Å². The van der Waals surface area contributed by atoms with E-state index in [0.717, 1.165) is 16.6 Å². The first kappa shape index (κ1) is 15.0. The highest BCUT2D eigenvalue weighted by Gasteiger charge is 2.22. The second kappa shape index (κ2) is 5.84. The molecule has 2 aromatic carbocycles. The Morgan fingerprint density at radius 3 is 2.88 bits per heavy atom. The highest BCUT2D eigenvalue weighted by atomic mass is 16.7. The van der Waals surface area contributed by atoms with E-state index in [1.54, 1.807) is 24.3 Å². The van der Waals surface area contributed by atoms with Crippen molar-refractivity contribution < 1.29 is 14.3 Å². The predicted octanol–water partition coefficient (Wildman–Crippen LogP) is 3.99. The number of aromatic amines is 1. The number of para-hydroxylation sites is 2. The van der Waals surface area contributed by atoms with Gasteiger partial charge in [0.25, 0.3) is 0 Å². The lowest BCUT2D eigenvalue weighted by Gasteiger charge is -2.03. The first-order valence-corrected chi connectivity index (χ1v) is 7.81.